The molecular weight excluding hydrogens is 466 g/mol. The molecule has 1 unspecified atom stereocenters. The summed E-state index contributed by atoms with van der Waals surface area (Å²) < 4.78 is 58.6. The van der Waals surface area contributed by atoms with Crippen LogP contribution in [0.1, 0.15) is 34.8 Å². The van der Waals surface area contributed by atoms with Gasteiger partial charge in [0.1, 0.15) is 5.82 Å². The number of rotatable bonds is 5. The molecule has 1 fully saturated rings. The molecule has 4 rings (SSSR count). The normalized spacial score (nSPS) is 15.8. The quantitative estimate of drug-likeness (QED) is 0.491. The molecule has 1 saturated heterocycles. The van der Waals surface area contributed by atoms with E-state index in [2.05, 4.69) is 10.1 Å². The average Bonchev–Trinajstić information content (AvgIpc) is 3.33. The van der Waals surface area contributed by atoms with Crippen LogP contribution in [0.15, 0.2) is 47.0 Å². The Bertz CT molecular complexity index is 1200. The van der Waals surface area contributed by atoms with Crippen LogP contribution in [0, 0.1) is 5.82 Å². The smallest absolute Gasteiger partial charge is 0.375 e. The van der Waals surface area contributed by atoms with Crippen molar-refractivity contribution in [3.8, 4) is 11.4 Å². The lowest BCUT2D eigenvalue weighted by molar-refractivity contribution is -0.137. The summed E-state index contributed by atoms with van der Waals surface area (Å²) in [5, 5.41) is 3.85. The van der Waals surface area contributed by atoms with E-state index in [9.17, 15) is 22.4 Å². The predicted molar refractivity (Wildman–Crippen MR) is 121 cm³/mol. The third kappa shape index (κ3) is 5.29. The Labute approximate surface area is 199 Å². The largest absolute Gasteiger partial charge is 0.416 e. The van der Waals surface area contributed by atoms with Crippen molar-refractivity contribution < 1.29 is 26.9 Å². The van der Waals surface area contributed by atoms with Crippen LogP contribution >= 0.6 is 0 Å². The van der Waals surface area contributed by atoms with Crippen LogP contribution in [0.5, 0.6) is 0 Å². The first kappa shape index (κ1) is 24.6. The molecule has 186 valence electrons. The van der Waals surface area contributed by atoms with Crippen LogP contribution in [0.4, 0.5) is 23.2 Å². The van der Waals surface area contributed by atoms with Crippen LogP contribution < -0.4 is 4.90 Å². The minimum Gasteiger partial charge on any atom is -0.375 e. The van der Waals surface area contributed by atoms with E-state index >= 15 is 0 Å². The van der Waals surface area contributed by atoms with Gasteiger partial charge in [0, 0.05) is 51.4 Å². The first-order chi connectivity index (χ1) is 16.5. The molecule has 3 aromatic rings. The van der Waals surface area contributed by atoms with Gasteiger partial charge in [-0.05, 0) is 37.3 Å². The van der Waals surface area contributed by atoms with Crippen molar-refractivity contribution in [1.82, 2.24) is 19.9 Å². The molecule has 1 aliphatic rings. The molecule has 0 radical (unpaired) electrons. The van der Waals surface area contributed by atoms with Crippen LogP contribution in [-0.4, -0.2) is 66.1 Å². The molecule has 1 aliphatic heterocycles. The van der Waals surface area contributed by atoms with Gasteiger partial charge in [-0.15, -0.1) is 0 Å². The van der Waals surface area contributed by atoms with E-state index in [1.807, 2.05) is 11.8 Å². The number of piperazine rings is 1. The molecule has 2 aromatic carbocycles. The van der Waals surface area contributed by atoms with Crippen LogP contribution in [0.3, 0.4) is 0 Å². The third-order valence-corrected chi connectivity index (χ3v) is 6.07. The minimum absolute atomic E-state index is 0.0787. The minimum atomic E-state index is -4.47. The van der Waals surface area contributed by atoms with E-state index in [0.29, 0.717) is 31.9 Å². The standard InChI is InChI=1S/C24H25F4N5O2/c1-15(22-29-21(30-35-22)16-5-4-6-18(13-16)24(26,27)28)32-9-11-33(12-10-32)23(34)17-7-8-20(31(2)3)19(25)14-17/h4-8,13-15H,9-12H2,1-3H3. The molecule has 11 heteroatoms. The van der Waals surface area contributed by atoms with Crippen molar-refractivity contribution in [2.24, 2.45) is 0 Å². The van der Waals surface area contributed by atoms with Gasteiger partial charge in [0.2, 0.25) is 11.7 Å². The number of anilines is 1. The summed E-state index contributed by atoms with van der Waals surface area (Å²) in [6.45, 7) is 3.75. The monoisotopic (exact) mass is 491 g/mol. The predicted octanol–water partition coefficient (Wildman–Crippen LogP) is 4.48. The van der Waals surface area contributed by atoms with Crippen molar-refractivity contribution in [1.29, 1.82) is 0 Å². The molecule has 0 N–H and O–H groups in total. The highest BCUT2D eigenvalue weighted by atomic mass is 19.4. The molecule has 2 heterocycles. The number of halogens is 4. The summed E-state index contributed by atoms with van der Waals surface area (Å²) in [6.07, 6.45) is -4.47. The molecule has 7 nitrogen and oxygen atoms in total. The third-order valence-electron chi connectivity index (χ3n) is 6.07. The average molecular weight is 491 g/mol. The van der Waals surface area contributed by atoms with Crippen molar-refractivity contribution in [2.75, 3.05) is 45.2 Å². The van der Waals surface area contributed by atoms with Gasteiger partial charge in [-0.2, -0.15) is 18.2 Å². The van der Waals surface area contributed by atoms with E-state index in [-0.39, 0.29) is 34.8 Å². The number of hydrogen-bond acceptors (Lipinski definition) is 6. The molecule has 0 bridgehead atoms. The van der Waals surface area contributed by atoms with Gasteiger partial charge in [0.05, 0.1) is 17.3 Å². The summed E-state index contributed by atoms with van der Waals surface area (Å²) in [6, 6.07) is 8.91. The summed E-state index contributed by atoms with van der Waals surface area (Å²) in [5.41, 5.74) is 0.123. The zero-order chi connectivity index (χ0) is 25.3. The second kappa shape index (κ2) is 9.65. The lowest BCUT2D eigenvalue weighted by Gasteiger charge is -2.36. The van der Waals surface area contributed by atoms with Crippen LogP contribution in [0.25, 0.3) is 11.4 Å². The summed E-state index contributed by atoms with van der Waals surface area (Å²) in [7, 11) is 3.46. The second-order valence-electron chi connectivity index (χ2n) is 8.60. The van der Waals surface area contributed by atoms with E-state index in [1.54, 1.807) is 36.0 Å². The number of amides is 1. The van der Waals surface area contributed by atoms with E-state index < -0.39 is 17.6 Å². The summed E-state index contributed by atoms with van der Waals surface area (Å²) in [4.78, 5) is 22.5. The Hall–Kier alpha value is -3.47. The highest BCUT2D eigenvalue weighted by molar-refractivity contribution is 5.94. The molecule has 1 atom stereocenters. The molecule has 0 saturated carbocycles. The molecular formula is C24H25F4N5O2. The highest BCUT2D eigenvalue weighted by Gasteiger charge is 2.32. The number of carbonyl (C=O) groups excluding carboxylic acids is 1. The lowest BCUT2D eigenvalue weighted by atomic mass is 10.1. The Morgan fingerprint density at radius 3 is 2.43 bits per heavy atom. The lowest BCUT2D eigenvalue weighted by Crippen LogP contribution is -2.49. The fourth-order valence-corrected chi connectivity index (χ4v) is 4.01. The number of carbonyl (C=O) groups is 1. The van der Waals surface area contributed by atoms with E-state index in [1.165, 1.54) is 18.2 Å². The summed E-state index contributed by atoms with van der Waals surface area (Å²) in [5.74, 6) is -0.347. The maximum atomic E-state index is 14.3. The topological polar surface area (TPSA) is 65.7 Å². The SMILES string of the molecule is CC(c1nc(-c2cccc(C(F)(F)F)c2)no1)N1CCN(C(=O)c2ccc(N(C)C)c(F)c2)CC1. The number of aromatic nitrogens is 2. The van der Waals surface area contributed by atoms with E-state index in [0.717, 1.165) is 12.1 Å². The van der Waals surface area contributed by atoms with Crippen molar-refractivity contribution in [3.05, 3.63) is 65.3 Å². The first-order valence-electron chi connectivity index (χ1n) is 11.1. The molecule has 1 amide bonds. The van der Waals surface area contributed by atoms with Gasteiger partial charge in [-0.3, -0.25) is 9.69 Å². The first-order valence-corrected chi connectivity index (χ1v) is 11.1. The molecule has 35 heavy (non-hydrogen) atoms. The fraction of sp³-hybridized carbons (Fsp3) is 0.375. The number of nitrogens with zero attached hydrogens (tertiary/aromatic N) is 5. The Morgan fingerprint density at radius 2 is 1.80 bits per heavy atom. The van der Waals surface area contributed by atoms with Gasteiger partial charge >= 0.3 is 6.18 Å². The van der Waals surface area contributed by atoms with Gasteiger partial charge in [-0.1, -0.05) is 17.3 Å². The maximum Gasteiger partial charge on any atom is 0.416 e. The number of alkyl halides is 3. The van der Waals surface area contributed by atoms with Crippen LogP contribution in [0.2, 0.25) is 0 Å². The Balaban J connectivity index is 1.39. The van der Waals surface area contributed by atoms with Gasteiger partial charge in [0.25, 0.3) is 5.91 Å². The fourth-order valence-electron chi connectivity index (χ4n) is 4.01. The van der Waals surface area contributed by atoms with E-state index in [4.69, 9.17) is 4.52 Å². The molecule has 1 aromatic heterocycles. The maximum absolute atomic E-state index is 14.3. The zero-order valence-corrected chi connectivity index (χ0v) is 19.5. The van der Waals surface area contributed by atoms with Crippen molar-refractivity contribution in [3.63, 3.8) is 0 Å². The number of benzene rings is 2. The Morgan fingerprint density at radius 1 is 1.09 bits per heavy atom. The van der Waals surface area contributed by atoms with Crippen molar-refractivity contribution >= 4 is 11.6 Å². The number of hydrogen-bond donors (Lipinski definition) is 0. The van der Waals surface area contributed by atoms with Gasteiger partial charge in [-0.25, -0.2) is 4.39 Å². The van der Waals surface area contributed by atoms with Gasteiger partial charge < -0.3 is 14.3 Å². The molecule has 0 aliphatic carbocycles. The second-order valence-corrected chi connectivity index (χ2v) is 8.60. The van der Waals surface area contributed by atoms with Crippen molar-refractivity contribution in [2.45, 2.75) is 19.1 Å². The van der Waals surface area contributed by atoms with Crippen LogP contribution in [-0.2, 0) is 6.18 Å². The summed E-state index contributed by atoms with van der Waals surface area (Å²) >= 11 is 0. The zero-order valence-electron chi connectivity index (χ0n) is 19.5. The molecule has 0 spiro atoms. The Kier molecular flexibility index (Phi) is 6.79. The highest BCUT2D eigenvalue weighted by Crippen LogP contribution is 2.32. The van der Waals surface area contributed by atoms with Gasteiger partial charge in [0.15, 0.2) is 0 Å².